The molecule has 3 heterocycles. The number of ether oxygens (including phenoxy) is 3. The van der Waals surface area contributed by atoms with Gasteiger partial charge in [0.25, 0.3) is 11.7 Å². The molecule has 2 aromatic carbocycles. The Balaban J connectivity index is 1.66. The first-order valence-corrected chi connectivity index (χ1v) is 10.8. The molecule has 0 aliphatic carbocycles. The van der Waals surface area contributed by atoms with Crippen LogP contribution in [0.3, 0.4) is 0 Å². The second-order valence-corrected chi connectivity index (χ2v) is 7.90. The molecule has 0 radical (unpaired) electrons. The van der Waals surface area contributed by atoms with Crippen molar-refractivity contribution in [1.82, 2.24) is 4.98 Å². The van der Waals surface area contributed by atoms with Crippen LogP contribution in [0.1, 0.15) is 29.7 Å². The van der Waals surface area contributed by atoms with Gasteiger partial charge >= 0.3 is 0 Å². The lowest BCUT2D eigenvalue weighted by molar-refractivity contribution is -0.132. The molecule has 0 saturated carbocycles. The monoisotopic (exact) mass is 458 g/mol. The summed E-state index contributed by atoms with van der Waals surface area (Å²) in [5.41, 5.74) is 2.31. The van der Waals surface area contributed by atoms with Gasteiger partial charge in [-0.1, -0.05) is 0 Å². The number of anilines is 1. The van der Waals surface area contributed by atoms with Crippen molar-refractivity contribution in [2.75, 3.05) is 18.3 Å². The van der Waals surface area contributed by atoms with Gasteiger partial charge in [-0.3, -0.25) is 19.5 Å². The Bertz CT molecular complexity index is 1320. The Morgan fingerprint density at radius 1 is 1.09 bits per heavy atom. The zero-order valence-corrected chi connectivity index (χ0v) is 18.6. The number of rotatable bonds is 5. The average molecular weight is 458 g/mol. The molecule has 1 N–H and O–H groups in total. The van der Waals surface area contributed by atoms with Crippen molar-refractivity contribution in [3.63, 3.8) is 0 Å². The van der Waals surface area contributed by atoms with Crippen LogP contribution in [0.4, 0.5) is 5.69 Å². The predicted molar refractivity (Wildman–Crippen MR) is 124 cm³/mol. The topological polar surface area (TPSA) is 98.2 Å². The third-order valence-corrected chi connectivity index (χ3v) is 5.85. The van der Waals surface area contributed by atoms with Crippen molar-refractivity contribution in [1.29, 1.82) is 0 Å². The number of aryl methyl sites for hydroxylation is 1. The smallest absolute Gasteiger partial charge is 0.300 e. The van der Waals surface area contributed by atoms with E-state index in [0.29, 0.717) is 40.7 Å². The van der Waals surface area contributed by atoms with Gasteiger partial charge in [-0.15, -0.1) is 0 Å². The summed E-state index contributed by atoms with van der Waals surface area (Å²) in [6, 6.07) is 12.8. The van der Waals surface area contributed by atoms with Gasteiger partial charge in [-0.2, -0.15) is 0 Å². The predicted octanol–water partition coefficient (Wildman–Crippen LogP) is 4.14. The Hall–Kier alpha value is -4.33. The number of carbonyl (C=O) groups is 2. The van der Waals surface area contributed by atoms with Crippen molar-refractivity contribution in [2.45, 2.75) is 19.9 Å². The van der Waals surface area contributed by atoms with E-state index >= 15 is 0 Å². The van der Waals surface area contributed by atoms with Crippen LogP contribution in [0, 0.1) is 6.92 Å². The zero-order valence-electron chi connectivity index (χ0n) is 18.6. The molecule has 1 fully saturated rings. The number of hydrogen-bond donors (Lipinski definition) is 1. The molecule has 2 aliphatic rings. The first-order chi connectivity index (χ1) is 16.5. The SMILES string of the molecule is CCOc1ccc(/C(O)=C2\C(=O)C(=O)N(c3ccc4c(c3)OCO4)C2c2ccncc2)cc1C. The minimum absolute atomic E-state index is 0.00238. The Kier molecular flexibility index (Phi) is 5.41. The molecular formula is C26H22N2O6. The van der Waals surface area contributed by atoms with Crippen LogP contribution in [-0.2, 0) is 9.59 Å². The van der Waals surface area contributed by atoms with E-state index in [0.717, 1.165) is 5.56 Å². The molecule has 1 saturated heterocycles. The number of hydrogen-bond acceptors (Lipinski definition) is 7. The molecule has 0 bridgehead atoms. The number of Topliss-reactive ketones (excluding diaryl/α,β-unsaturated/α-hetero) is 1. The minimum atomic E-state index is -0.852. The lowest BCUT2D eigenvalue weighted by atomic mass is 9.95. The quantitative estimate of drug-likeness (QED) is 0.349. The number of ketones is 1. The molecule has 1 unspecified atom stereocenters. The first kappa shape index (κ1) is 21.5. The third-order valence-electron chi connectivity index (χ3n) is 5.85. The minimum Gasteiger partial charge on any atom is -0.507 e. The second-order valence-electron chi connectivity index (χ2n) is 7.90. The van der Waals surface area contributed by atoms with Crippen LogP contribution >= 0.6 is 0 Å². The van der Waals surface area contributed by atoms with E-state index in [9.17, 15) is 14.7 Å². The van der Waals surface area contributed by atoms with Crippen molar-refractivity contribution in [2.24, 2.45) is 0 Å². The fourth-order valence-corrected chi connectivity index (χ4v) is 4.26. The lowest BCUT2D eigenvalue weighted by Crippen LogP contribution is -2.29. The zero-order chi connectivity index (χ0) is 23.8. The van der Waals surface area contributed by atoms with Crippen molar-refractivity contribution >= 4 is 23.1 Å². The number of amides is 1. The summed E-state index contributed by atoms with van der Waals surface area (Å²) in [4.78, 5) is 32.0. The first-order valence-electron chi connectivity index (χ1n) is 10.8. The van der Waals surface area contributed by atoms with Crippen molar-refractivity contribution in [3.8, 4) is 17.2 Å². The van der Waals surface area contributed by atoms with Gasteiger partial charge in [-0.05, 0) is 67.4 Å². The van der Waals surface area contributed by atoms with Crippen LogP contribution in [0.15, 0.2) is 66.5 Å². The van der Waals surface area contributed by atoms with Crippen LogP contribution in [0.2, 0.25) is 0 Å². The molecule has 5 rings (SSSR count). The Morgan fingerprint density at radius 3 is 2.59 bits per heavy atom. The van der Waals surface area contributed by atoms with E-state index in [1.807, 2.05) is 13.8 Å². The second kappa shape index (κ2) is 8.55. The summed E-state index contributed by atoms with van der Waals surface area (Å²) >= 11 is 0. The van der Waals surface area contributed by atoms with E-state index in [1.165, 1.54) is 4.90 Å². The van der Waals surface area contributed by atoms with Gasteiger partial charge in [0.05, 0.1) is 18.2 Å². The molecule has 0 spiro atoms. The average Bonchev–Trinajstić information content (AvgIpc) is 3.42. The fraction of sp³-hybridized carbons (Fsp3) is 0.192. The molecule has 3 aromatic rings. The number of aliphatic hydroxyl groups excluding tert-OH is 1. The van der Waals surface area contributed by atoms with Crippen molar-refractivity contribution < 1.29 is 28.9 Å². The maximum Gasteiger partial charge on any atom is 0.300 e. The summed E-state index contributed by atoms with van der Waals surface area (Å²) < 4.78 is 16.4. The molecule has 8 heteroatoms. The highest BCUT2D eigenvalue weighted by Gasteiger charge is 2.47. The summed E-state index contributed by atoms with van der Waals surface area (Å²) in [6.45, 7) is 4.34. The maximum absolute atomic E-state index is 13.3. The fourth-order valence-electron chi connectivity index (χ4n) is 4.26. The number of carbonyl (C=O) groups excluding carboxylic acids is 2. The highest BCUT2D eigenvalue weighted by Crippen LogP contribution is 2.44. The number of benzene rings is 2. The summed E-state index contributed by atoms with van der Waals surface area (Å²) in [5.74, 6) is -0.0471. The van der Waals surface area contributed by atoms with E-state index < -0.39 is 17.7 Å². The highest BCUT2D eigenvalue weighted by molar-refractivity contribution is 6.51. The number of pyridine rings is 1. The number of fused-ring (bicyclic) bond motifs is 1. The van der Waals surface area contributed by atoms with E-state index in [2.05, 4.69) is 4.98 Å². The summed E-state index contributed by atoms with van der Waals surface area (Å²) in [7, 11) is 0. The van der Waals surface area contributed by atoms with Crippen LogP contribution in [-0.4, -0.2) is 35.2 Å². The number of aliphatic hydroxyl groups is 1. The molecule has 1 amide bonds. The molecule has 1 atom stereocenters. The number of aromatic nitrogens is 1. The largest absolute Gasteiger partial charge is 0.507 e. The molecule has 1 aromatic heterocycles. The van der Waals surface area contributed by atoms with Gasteiger partial charge in [-0.25, -0.2) is 0 Å². The van der Waals surface area contributed by atoms with Gasteiger partial charge in [0.1, 0.15) is 11.5 Å². The van der Waals surface area contributed by atoms with Gasteiger partial charge in [0.15, 0.2) is 11.5 Å². The van der Waals surface area contributed by atoms with Gasteiger partial charge in [0.2, 0.25) is 6.79 Å². The van der Waals surface area contributed by atoms with Crippen LogP contribution < -0.4 is 19.1 Å². The maximum atomic E-state index is 13.3. The molecule has 2 aliphatic heterocycles. The van der Waals surface area contributed by atoms with Crippen LogP contribution in [0.5, 0.6) is 17.2 Å². The molecular weight excluding hydrogens is 436 g/mol. The van der Waals surface area contributed by atoms with E-state index in [-0.39, 0.29) is 18.1 Å². The molecule has 34 heavy (non-hydrogen) atoms. The third kappa shape index (κ3) is 3.53. The molecule has 8 nitrogen and oxygen atoms in total. The standard InChI is InChI=1S/C26H22N2O6/c1-3-32-19-6-4-17(12-15(19)2)24(29)22-23(16-8-10-27-11-9-16)28(26(31)25(22)30)18-5-7-20-21(13-18)34-14-33-20/h4-13,23,29H,3,14H2,1-2H3/b24-22+. The Morgan fingerprint density at radius 2 is 1.85 bits per heavy atom. The normalized spacial score (nSPS) is 18.4. The van der Waals surface area contributed by atoms with Crippen molar-refractivity contribution in [3.05, 3.63) is 83.2 Å². The van der Waals surface area contributed by atoms with E-state index in [4.69, 9.17) is 14.2 Å². The summed E-state index contributed by atoms with van der Waals surface area (Å²) in [5, 5.41) is 11.3. The Labute approximate surface area is 196 Å². The molecule has 172 valence electrons. The lowest BCUT2D eigenvalue weighted by Gasteiger charge is -2.25. The van der Waals surface area contributed by atoms with Gasteiger partial charge in [0, 0.05) is 29.7 Å². The summed E-state index contributed by atoms with van der Waals surface area (Å²) in [6.07, 6.45) is 3.16. The van der Waals surface area contributed by atoms with Crippen LogP contribution in [0.25, 0.3) is 5.76 Å². The highest BCUT2D eigenvalue weighted by atomic mass is 16.7. The van der Waals surface area contributed by atoms with E-state index in [1.54, 1.807) is 60.9 Å². The van der Waals surface area contributed by atoms with Gasteiger partial charge < -0.3 is 19.3 Å². The number of nitrogens with zero attached hydrogens (tertiary/aromatic N) is 2.